The minimum absolute atomic E-state index is 0.821. The Balaban J connectivity index is 4.01. The third-order valence-electron chi connectivity index (χ3n) is 3.73. The molecule has 24 heavy (non-hydrogen) atoms. The minimum Gasteiger partial charge on any atom is -0.291 e. The lowest BCUT2D eigenvalue weighted by Gasteiger charge is -2.23. The van der Waals surface area contributed by atoms with Crippen molar-refractivity contribution in [2.45, 2.75) is 52.4 Å². The van der Waals surface area contributed by atoms with Gasteiger partial charge in [-0.1, -0.05) is 25.7 Å². The second-order valence-corrected chi connectivity index (χ2v) is 5.56. The number of nitrogens with zero attached hydrogens (tertiary/aromatic N) is 2. The molecular weight excluding hydrogens is 292 g/mol. The van der Waals surface area contributed by atoms with Gasteiger partial charge in [-0.3, -0.25) is 9.80 Å². The molecule has 0 atom stereocenters. The Hall–Kier alpha value is -1.84. The molecule has 0 heterocycles. The largest absolute Gasteiger partial charge is 0.291 e. The number of hydrogen-bond donors (Lipinski definition) is 0. The van der Waals surface area contributed by atoms with E-state index in [0.29, 0.717) is 0 Å². The summed E-state index contributed by atoms with van der Waals surface area (Å²) in [5, 5.41) is 0. The van der Waals surface area contributed by atoms with Gasteiger partial charge in [0.2, 0.25) is 0 Å². The molecule has 0 amide bonds. The first kappa shape index (κ1) is 22.2. The highest BCUT2D eigenvalue weighted by Crippen LogP contribution is 1.94. The first-order valence-electron chi connectivity index (χ1n) is 9.01. The molecule has 2 nitrogen and oxygen atoms in total. The zero-order valence-corrected chi connectivity index (χ0v) is 15.5. The lowest BCUT2D eigenvalue weighted by Crippen LogP contribution is -2.35. The molecular formula is C22H32N2. The van der Waals surface area contributed by atoms with Crippen molar-refractivity contribution in [3.05, 3.63) is 0 Å². The van der Waals surface area contributed by atoms with Gasteiger partial charge in [0, 0.05) is 38.8 Å². The highest BCUT2D eigenvalue weighted by atomic mass is 15.2. The van der Waals surface area contributed by atoms with Crippen LogP contribution in [0.5, 0.6) is 0 Å². The van der Waals surface area contributed by atoms with E-state index in [1.165, 1.54) is 0 Å². The summed E-state index contributed by atoms with van der Waals surface area (Å²) in [6, 6.07) is 0. The van der Waals surface area contributed by atoms with Gasteiger partial charge in [-0.05, 0) is 25.9 Å². The van der Waals surface area contributed by atoms with Crippen LogP contribution >= 0.6 is 0 Å². The minimum atomic E-state index is 0.821. The van der Waals surface area contributed by atoms with Crippen LogP contribution in [0.4, 0.5) is 0 Å². The van der Waals surface area contributed by atoms with E-state index in [9.17, 15) is 0 Å². The van der Waals surface area contributed by atoms with E-state index in [1.54, 1.807) is 0 Å². The maximum atomic E-state index is 5.23. The molecule has 0 bridgehead atoms. The Bertz CT molecular complexity index is 451. The number of hydrogen-bond acceptors (Lipinski definition) is 2. The first-order valence-corrected chi connectivity index (χ1v) is 9.01. The molecule has 0 fully saturated rings. The number of unbranched alkanes of at least 4 members (excludes halogenated alkanes) is 4. The predicted octanol–water partition coefficient (Wildman–Crippen LogP) is 3.24. The van der Waals surface area contributed by atoms with Crippen LogP contribution in [0, 0.1) is 48.4 Å². The van der Waals surface area contributed by atoms with E-state index in [1.807, 2.05) is 0 Å². The third-order valence-corrected chi connectivity index (χ3v) is 3.73. The van der Waals surface area contributed by atoms with Crippen molar-refractivity contribution in [3.8, 4) is 48.4 Å². The van der Waals surface area contributed by atoms with Crippen molar-refractivity contribution < 1.29 is 0 Å². The van der Waals surface area contributed by atoms with E-state index in [-0.39, 0.29) is 0 Å². The van der Waals surface area contributed by atoms with Crippen LogP contribution in [0.1, 0.15) is 52.4 Å². The summed E-state index contributed by atoms with van der Waals surface area (Å²) in [6.07, 6.45) is 15.9. The van der Waals surface area contributed by atoms with Crippen molar-refractivity contribution in [1.82, 2.24) is 9.80 Å². The molecule has 2 heteroatoms. The van der Waals surface area contributed by atoms with Gasteiger partial charge in [-0.2, -0.15) is 0 Å². The Kier molecular flexibility index (Phi) is 16.2. The highest BCUT2D eigenvalue weighted by Gasteiger charge is 2.04. The summed E-state index contributed by atoms with van der Waals surface area (Å²) in [7, 11) is 0. The van der Waals surface area contributed by atoms with Crippen molar-refractivity contribution in [2.75, 3.05) is 39.3 Å². The average Bonchev–Trinajstić information content (AvgIpc) is 2.61. The van der Waals surface area contributed by atoms with Gasteiger partial charge in [-0.15, -0.1) is 36.5 Å². The van der Waals surface area contributed by atoms with Crippen LogP contribution in [0.3, 0.4) is 0 Å². The molecule has 0 spiro atoms. The zero-order valence-electron chi connectivity index (χ0n) is 15.5. The van der Waals surface area contributed by atoms with Crippen LogP contribution in [-0.4, -0.2) is 49.1 Å². The molecule has 0 aromatic rings. The summed E-state index contributed by atoms with van der Waals surface area (Å²) in [6.45, 7) is 10.1. The van der Waals surface area contributed by atoms with E-state index < -0.39 is 0 Å². The molecule has 0 saturated heterocycles. The Morgan fingerprint density at radius 3 is 1.38 bits per heavy atom. The maximum absolute atomic E-state index is 5.23. The molecule has 0 N–H and O–H groups in total. The quantitative estimate of drug-likeness (QED) is 0.425. The van der Waals surface area contributed by atoms with Crippen LogP contribution in [0.2, 0.25) is 0 Å². The Labute approximate surface area is 150 Å². The molecule has 130 valence electrons. The Morgan fingerprint density at radius 2 is 1.04 bits per heavy atom. The average molecular weight is 325 g/mol. The first-order chi connectivity index (χ1) is 11.8. The summed E-state index contributed by atoms with van der Waals surface area (Å²) < 4.78 is 0. The van der Waals surface area contributed by atoms with Gasteiger partial charge >= 0.3 is 0 Å². The van der Waals surface area contributed by atoms with Crippen molar-refractivity contribution >= 4 is 0 Å². The molecule has 0 rings (SSSR count). The zero-order chi connectivity index (χ0) is 17.9. The van der Waals surface area contributed by atoms with Gasteiger partial charge in [0.15, 0.2) is 0 Å². The SMILES string of the molecule is C#CCCCC#CCN(CC)CCN(CC)CC#CCCCC#C. The monoisotopic (exact) mass is 324 g/mol. The predicted molar refractivity (Wildman–Crippen MR) is 105 cm³/mol. The lowest BCUT2D eigenvalue weighted by molar-refractivity contribution is 0.245. The standard InChI is InChI=1S/C22H32N2/c1-5-9-11-13-15-17-19-23(7-3)21-22-24(8-4)20-18-16-14-12-10-6-2/h1-2H,7-14,19-22H2,3-4H3. The van der Waals surface area contributed by atoms with Crippen LogP contribution < -0.4 is 0 Å². The fourth-order valence-corrected chi connectivity index (χ4v) is 2.05. The summed E-state index contributed by atoms with van der Waals surface area (Å²) in [4.78, 5) is 4.74. The molecule has 0 radical (unpaired) electrons. The van der Waals surface area contributed by atoms with Crippen LogP contribution in [0.25, 0.3) is 0 Å². The number of likely N-dealkylation sites (N-methyl/N-ethyl adjacent to an activating group) is 2. The fourth-order valence-electron chi connectivity index (χ4n) is 2.05. The maximum Gasteiger partial charge on any atom is 0.0601 e. The molecule has 0 aliphatic rings. The van der Waals surface area contributed by atoms with E-state index in [0.717, 1.165) is 77.8 Å². The highest BCUT2D eigenvalue weighted by molar-refractivity contribution is 5.03. The van der Waals surface area contributed by atoms with Crippen molar-refractivity contribution in [1.29, 1.82) is 0 Å². The molecule has 0 aliphatic heterocycles. The fraction of sp³-hybridized carbons (Fsp3) is 0.636. The van der Waals surface area contributed by atoms with E-state index >= 15 is 0 Å². The summed E-state index contributed by atoms with van der Waals surface area (Å²) in [5.74, 6) is 18.2. The summed E-state index contributed by atoms with van der Waals surface area (Å²) >= 11 is 0. The molecule has 0 aliphatic carbocycles. The molecule has 0 aromatic heterocycles. The van der Waals surface area contributed by atoms with Crippen LogP contribution in [0.15, 0.2) is 0 Å². The van der Waals surface area contributed by atoms with Crippen molar-refractivity contribution in [2.24, 2.45) is 0 Å². The summed E-state index contributed by atoms with van der Waals surface area (Å²) in [5.41, 5.74) is 0. The van der Waals surface area contributed by atoms with Gasteiger partial charge in [0.05, 0.1) is 13.1 Å². The van der Waals surface area contributed by atoms with E-state index in [2.05, 4.69) is 59.2 Å². The van der Waals surface area contributed by atoms with Gasteiger partial charge in [0.1, 0.15) is 0 Å². The molecule has 0 unspecified atom stereocenters. The van der Waals surface area contributed by atoms with Gasteiger partial charge in [0.25, 0.3) is 0 Å². The smallest absolute Gasteiger partial charge is 0.0601 e. The lowest BCUT2D eigenvalue weighted by atomic mass is 10.2. The Morgan fingerprint density at radius 1 is 0.625 bits per heavy atom. The molecule has 0 saturated carbocycles. The van der Waals surface area contributed by atoms with Gasteiger partial charge in [-0.25, -0.2) is 0 Å². The third kappa shape index (κ3) is 13.8. The van der Waals surface area contributed by atoms with Gasteiger partial charge < -0.3 is 0 Å². The van der Waals surface area contributed by atoms with Crippen molar-refractivity contribution in [3.63, 3.8) is 0 Å². The van der Waals surface area contributed by atoms with E-state index in [4.69, 9.17) is 12.8 Å². The normalized spacial score (nSPS) is 9.58. The number of rotatable bonds is 11. The molecule has 0 aromatic carbocycles. The van der Waals surface area contributed by atoms with Crippen LogP contribution in [-0.2, 0) is 0 Å². The topological polar surface area (TPSA) is 6.48 Å². The second-order valence-electron chi connectivity index (χ2n) is 5.56. The number of terminal acetylenes is 2. The second kappa shape index (κ2) is 17.5.